The average molecular weight is 344 g/mol. The molecule has 1 amide bonds. The number of carbonyl (C=O) groups excluding carboxylic acids is 2. The van der Waals surface area contributed by atoms with Gasteiger partial charge in [0.15, 0.2) is 10.8 Å². The normalized spacial score (nSPS) is 10.8. The molecule has 0 unspecified atom stereocenters. The Morgan fingerprint density at radius 3 is 2.83 bits per heavy atom. The van der Waals surface area contributed by atoms with Crippen LogP contribution in [0.1, 0.15) is 33.3 Å². The first-order valence-corrected chi connectivity index (χ1v) is 8.19. The molecule has 3 aromatic rings. The van der Waals surface area contributed by atoms with Crippen LogP contribution in [0.15, 0.2) is 24.4 Å². The van der Waals surface area contributed by atoms with Gasteiger partial charge >= 0.3 is 5.97 Å². The molecule has 7 nitrogen and oxygen atoms in total. The number of amides is 1. The van der Waals surface area contributed by atoms with E-state index in [9.17, 15) is 9.59 Å². The fourth-order valence-corrected chi connectivity index (χ4v) is 3.21. The molecule has 24 heavy (non-hydrogen) atoms. The third kappa shape index (κ3) is 3.13. The molecule has 0 aliphatic rings. The SMILES string of the molecule is CCOC(=O)c1ccc2nc(NC(=O)c3nn(C)cc3C)sc2c1. The minimum Gasteiger partial charge on any atom is -0.462 e. The molecule has 0 spiro atoms. The summed E-state index contributed by atoms with van der Waals surface area (Å²) in [7, 11) is 1.76. The molecule has 0 aliphatic carbocycles. The van der Waals surface area contributed by atoms with Crippen molar-refractivity contribution in [3.63, 3.8) is 0 Å². The lowest BCUT2D eigenvalue weighted by Gasteiger charge is -2.00. The van der Waals surface area contributed by atoms with E-state index in [1.54, 1.807) is 43.0 Å². The number of nitrogens with zero attached hydrogens (tertiary/aromatic N) is 3. The van der Waals surface area contributed by atoms with Crippen molar-refractivity contribution < 1.29 is 14.3 Å². The highest BCUT2D eigenvalue weighted by atomic mass is 32.1. The maximum Gasteiger partial charge on any atom is 0.338 e. The summed E-state index contributed by atoms with van der Waals surface area (Å²) in [4.78, 5) is 28.4. The fraction of sp³-hybridized carbons (Fsp3) is 0.250. The Bertz CT molecular complexity index is 929. The van der Waals surface area contributed by atoms with Gasteiger partial charge < -0.3 is 4.74 Å². The van der Waals surface area contributed by atoms with Gasteiger partial charge in [0.25, 0.3) is 5.91 Å². The molecular formula is C16H16N4O3S. The van der Waals surface area contributed by atoms with Crippen LogP contribution in [-0.4, -0.2) is 33.2 Å². The van der Waals surface area contributed by atoms with Crippen LogP contribution in [0.2, 0.25) is 0 Å². The Morgan fingerprint density at radius 2 is 2.17 bits per heavy atom. The number of thiazole rings is 1. The average Bonchev–Trinajstić information content (AvgIpc) is 3.08. The van der Waals surface area contributed by atoms with Gasteiger partial charge in [0, 0.05) is 18.8 Å². The molecule has 0 fully saturated rings. The van der Waals surface area contributed by atoms with Gasteiger partial charge in [-0.15, -0.1) is 0 Å². The zero-order chi connectivity index (χ0) is 17.3. The van der Waals surface area contributed by atoms with E-state index in [1.165, 1.54) is 11.3 Å². The van der Waals surface area contributed by atoms with Crippen LogP contribution < -0.4 is 5.32 Å². The maximum atomic E-state index is 12.3. The first kappa shape index (κ1) is 16.1. The highest BCUT2D eigenvalue weighted by molar-refractivity contribution is 7.22. The van der Waals surface area contributed by atoms with Gasteiger partial charge in [-0.2, -0.15) is 5.10 Å². The first-order valence-electron chi connectivity index (χ1n) is 7.37. The van der Waals surface area contributed by atoms with Crippen molar-refractivity contribution in [3.05, 3.63) is 41.2 Å². The molecule has 2 heterocycles. The number of aromatic nitrogens is 3. The maximum absolute atomic E-state index is 12.3. The number of rotatable bonds is 4. The largest absolute Gasteiger partial charge is 0.462 e. The van der Waals surface area contributed by atoms with E-state index in [0.717, 1.165) is 10.3 Å². The highest BCUT2D eigenvalue weighted by Crippen LogP contribution is 2.27. The number of benzene rings is 1. The molecule has 0 bridgehead atoms. The van der Waals surface area contributed by atoms with Gasteiger partial charge in [0.1, 0.15) is 0 Å². The van der Waals surface area contributed by atoms with Crippen LogP contribution >= 0.6 is 11.3 Å². The minimum absolute atomic E-state index is 0.308. The lowest BCUT2D eigenvalue weighted by molar-refractivity contribution is 0.0526. The van der Waals surface area contributed by atoms with Gasteiger partial charge in [-0.25, -0.2) is 9.78 Å². The third-order valence-electron chi connectivity index (χ3n) is 3.35. The van der Waals surface area contributed by atoms with Crippen LogP contribution in [0, 0.1) is 6.92 Å². The summed E-state index contributed by atoms with van der Waals surface area (Å²) < 4.78 is 7.38. The number of nitrogens with one attached hydrogen (secondary N) is 1. The number of hydrogen-bond donors (Lipinski definition) is 1. The first-order chi connectivity index (χ1) is 11.5. The Labute approximate surface area is 142 Å². The van der Waals surface area contributed by atoms with E-state index in [-0.39, 0.29) is 11.9 Å². The minimum atomic E-state index is -0.373. The van der Waals surface area contributed by atoms with Gasteiger partial charge in [0.05, 0.1) is 22.4 Å². The molecule has 3 rings (SSSR count). The zero-order valence-electron chi connectivity index (χ0n) is 13.5. The predicted molar refractivity (Wildman–Crippen MR) is 91.5 cm³/mol. The number of hydrogen-bond acceptors (Lipinski definition) is 6. The van der Waals surface area contributed by atoms with Crippen molar-refractivity contribution in [2.24, 2.45) is 7.05 Å². The molecule has 8 heteroatoms. The Hall–Kier alpha value is -2.74. The van der Waals surface area contributed by atoms with Crippen molar-refractivity contribution in [1.82, 2.24) is 14.8 Å². The number of carbonyl (C=O) groups is 2. The van der Waals surface area contributed by atoms with Crippen LogP contribution in [0.25, 0.3) is 10.2 Å². The topological polar surface area (TPSA) is 86.1 Å². The highest BCUT2D eigenvalue weighted by Gasteiger charge is 2.16. The molecule has 0 saturated heterocycles. The van der Waals surface area contributed by atoms with Gasteiger partial charge in [0.2, 0.25) is 0 Å². The lowest BCUT2D eigenvalue weighted by Crippen LogP contribution is -2.13. The van der Waals surface area contributed by atoms with Gasteiger partial charge in [-0.3, -0.25) is 14.8 Å². The monoisotopic (exact) mass is 344 g/mol. The molecule has 1 aromatic carbocycles. The summed E-state index contributed by atoms with van der Waals surface area (Å²) in [5, 5.41) is 7.35. The van der Waals surface area contributed by atoms with Crippen LogP contribution in [0.5, 0.6) is 0 Å². The second kappa shape index (κ2) is 6.40. The molecule has 0 saturated carbocycles. The number of aryl methyl sites for hydroxylation is 2. The van der Waals surface area contributed by atoms with Crippen LogP contribution in [0.4, 0.5) is 5.13 Å². The number of fused-ring (bicyclic) bond motifs is 1. The quantitative estimate of drug-likeness (QED) is 0.736. The molecule has 124 valence electrons. The van der Waals surface area contributed by atoms with E-state index in [0.29, 0.717) is 28.5 Å². The van der Waals surface area contributed by atoms with E-state index in [2.05, 4.69) is 15.4 Å². The fourth-order valence-electron chi connectivity index (χ4n) is 2.31. The van der Waals surface area contributed by atoms with E-state index < -0.39 is 0 Å². The molecule has 1 N–H and O–H groups in total. The van der Waals surface area contributed by atoms with Crippen LogP contribution in [0.3, 0.4) is 0 Å². The van der Waals surface area contributed by atoms with Crippen molar-refractivity contribution in [2.75, 3.05) is 11.9 Å². The van der Waals surface area contributed by atoms with Gasteiger partial charge in [-0.1, -0.05) is 11.3 Å². The Balaban J connectivity index is 1.84. The summed E-state index contributed by atoms with van der Waals surface area (Å²) in [6.07, 6.45) is 1.78. The van der Waals surface area contributed by atoms with E-state index in [1.807, 2.05) is 6.92 Å². The molecule has 0 atom stereocenters. The van der Waals surface area contributed by atoms with Crippen molar-refractivity contribution in [1.29, 1.82) is 0 Å². The third-order valence-corrected chi connectivity index (χ3v) is 4.28. The molecular weight excluding hydrogens is 328 g/mol. The summed E-state index contributed by atoms with van der Waals surface area (Å²) in [5.74, 6) is -0.680. The molecule has 0 radical (unpaired) electrons. The molecule has 2 aromatic heterocycles. The van der Waals surface area contributed by atoms with Gasteiger partial charge in [-0.05, 0) is 32.0 Å². The Morgan fingerprint density at radius 1 is 1.38 bits per heavy atom. The second-order valence-corrected chi connectivity index (χ2v) is 6.24. The summed E-state index contributed by atoms with van der Waals surface area (Å²) >= 11 is 1.30. The molecule has 0 aliphatic heterocycles. The van der Waals surface area contributed by atoms with E-state index >= 15 is 0 Å². The summed E-state index contributed by atoms with van der Waals surface area (Å²) in [6.45, 7) is 3.91. The van der Waals surface area contributed by atoms with Crippen molar-refractivity contribution >= 4 is 38.6 Å². The number of esters is 1. The lowest BCUT2D eigenvalue weighted by atomic mass is 10.2. The van der Waals surface area contributed by atoms with Crippen molar-refractivity contribution in [2.45, 2.75) is 13.8 Å². The standard InChI is InChI=1S/C16H16N4O3S/c1-4-23-15(22)10-5-6-11-12(7-10)24-16(17-11)18-14(21)13-9(2)8-20(3)19-13/h5-8H,4H2,1-3H3,(H,17,18,21). The van der Waals surface area contributed by atoms with Crippen LogP contribution in [-0.2, 0) is 11.8 Å². The van der Waals surface area contributed by atoms with E-state index in [4.69, 9.17) is 4.74 Å². The number of anilines is 1. The zero-order valence-corrected chi connectivity index (χ0v) is 14.3. The summed E-state index contributed by atoms with van der Waals surface area (Å²) in [6, 6.07) is 5.11. The smallest absolute Gasteiger partial charge is 0.338 e. The second-order valence-electron chi connectivity index (χ2n) is 5.21. The Kier molecular flexibility index (Phi) is 4.30. The summed E-state index contributed by atoms with van der Waals surface area (Å²) in [5.41, 5.74) is 2.33. The van der Waals surface area contributed by atoms with Crippen molar-refractivity contribution in [3.8, 4) is 0 Å². The predicted octanol–water partition coefficient (Wildman–Crippen LogP) is 2.77. The number of ether oxygens (including phenoxy) is 1.